The van der Waals surface area contributed by atoms with Crippen LogP contribution in [0.15, 0.2) is 18.2 Å². The number of aryl methyl sites for hydroxylation is 1. The zero-order valence-corrected chi connectivity index (χ0v) is 10.9. The molecule has 0 amide bonds. The molecule has 1 fully saturated rings. The van der Waals surface area contributed by atoms with Gasteiger partial charge in [0.25, 0.3) is 0 Å². The summed E-state index contributed by atoms with van der Waals surface area (Å²) in [5, 5.41) is 9.12. The minimum absolute atomic E-state index is 0.215. The van der Waals surface area contributed by atoms with Crippen LogP contribution in [0.1, 0.15) is 36.5 Å². The van der Waals surface area contributed by atoms with E-state index in [-0.39, 0.29) is 5.92 Å². The number of carbonyl (C=O) groups is 1. The van der Waals surface area contributed by atoms with E-state index in [0.717, 1.165) is 12.1 Å². The van der Waals surface area contributed by atoms with Crippen LogP contribution in [-0.4, -0.2) is 11.1 Å². The standard InChI is InChI=1S/C14H15F3O2/c1-7-6-8(14(15,16)17)4-5-9(7)10-11(12(18)19)13(10,2)3/h4-6,10-11H,1-3H3,(H,18,19)/t10-,11+/m1/s1. The van der Waals surface area contributed by atoms with E-state index in [1.807, 2.05) is 13.8 Å². The fourth-order valence-electron chi connectivity index (χ4n) is 2.88. The van der Waals surface area contributed by atoms with Crippen LogP contribution in [0.5, 0.6) is 0 Å². The molecular formula is C14H15F3O2. The maximum absolute atomic E-state index is 12.6. The molecule has 0 spiro atoms. The van der Waals surface area contributed by atoms with E-state index in [4.69, 9.17) is 5.11 Å². The van der Waals surface area contributed by atoms with E-state index in [2.05, 4.69) is 0 Å². The average Bonchev–Trinajstić information content (AvgIpc) is 2.80. The molecule has 104 valence electrons. The van der Waals surface area contributed by atoms with Crippen molar-refractivity contribution in [2.45, 2.75) is 32.9 Å². The third-order valence-corrected chi connectivity index (χ3v) is 4.03. The Balaban J connectivity index is 2.37. The summed E-state index contributed by atoms with van der Waals surface area (Å²) in [4.78, 5) is 11.1. The van der Waals surface area contributed by atoms with Crippen molar-refractivity contribution in [2.24, 2.45) is 11.3 Å². The summed E-state index contributed by atoms with van der Waals surface area (Å²) in [6.45, 7) is 5.25. The first kappa shape index (κ1) is 13.9. The van der Waals surface area contributed by atoms with Crippen LogP contribution < -0.4 is 0 Å². The molecular weight excluding hydrogens is 257 g/mol. The Labute approximate surface area is 109 Å². The lowest BCUT2D eigenvalue weighted by Crippen LogP contribution is -2.06. The summed E-state index contributed by atoms with van der Waals surface area (Å²) < 4.78 is 37.7. The van der Waals surface area contributed by atoms with Gasteiger partial charge in [-0.05, 0) is 35.6 Å². The Bertz CT molecular complexity index is 532. The lowest BCUT2D eigenvalue weighted by molar-refractivity contribution is -0.139. The van der Waals surface area contributed by atoms with Gasteiger partial charge < -0.3 is 5.11 Å². The highest BCUT2D eigenvalue weighted by molar-refractivity contribution is 5.77. The van der Waals surface area contributed by atoms with Crippen LogP contribution in [0, 0.1) is 18.3 Å². The minimum atomic E-state index is -4.37. The molecule has 19 heavy (non-hydrogen) atoms. The first-order chi connectivity index (χ1) is 8.56. The smallest absolute Gasteiger partial charge is 0.416 e. The SMILES string of the molecule is Cc1cc(C(F)(F)F)ccc1[C@@H]1[C@@H](C(=O)O)C1(C)C. The molecule has 0 aliphatic heterocycles. The van der Waals surface area contributed by atoms with Crippen molar-refractivity contribution in [3.8, 4) is 0 Å². The number of rotatable bonds is 2. The van der Waals surface area contributed by atoms with E-state index in [0.29, 0.717) is 11.1 Å². The van der Waals surface area contributed by atoms with Crippen molar-refractivity contribution in [1.29, 1.82) is 0 Å². The van der Waals surface area contributed by atoms with E-state index in [1.54, 1.807) is 6.92 Å². The van der Waals surface area contributed by atoms with Gasteiger partial charge in [0, 0.05) is 5.92 Å². The Hall–Kier alpha value is -1.52. The summed E-state index contributed by atoms with van der Waals surface area (Å²) in [5.41, 5.74) is 0.0946. The van der Waals surface area contributed by atoms with Gasteiger partial charge in [0.15, 0.2) is 0 Å². The quantitative estimate of drug-likeness (QED) is 0.888. The predicted molar refractivity (Wildman–Crippen MR) is 63.8 cm³/mol. The highest BCUT2D eigenvalue weighted by Gasteiger charge is 2.63. The van der Waals surface area contributed by atoms with E-state index >= 15 is 0 Å². The molecule has 1 saturated carbocycles. The van der Waals surface area contributed by atoms with Gasteiger partial charge in [-0.25, -0.2) is 0 Å². The van der Waals surface area contributed by atoms with Crippen LogP contribution in [0.4, 0.5) is 13.2 Å². The zero-order valence-electron chi connectivity index (χ0n) is 10.9. The monoisotopic (exact) mass is 272 g/mol. The number of hydrogen-bond acceptors (Lipinski definition) is 1. The Kier molecular flexibility index (Phi) is 2.92. The molecule has 2 atom stereocenters. The molecule has 0 unspecified atom stereocenters. The molecule has 1 aromatic rings. The molecule has 0 aromatic heterocycles. The minimum Gasteiger partial charge on any atom is -0.481 e. The largest absolute Gasteiger partial charge is 0.481 e. The lowest BCUT2D eigenvalue weighted by atomic mass is 9.97. The fraction of sp³-hybridized carbons (Fsp3) is 0.500. The molecule has 2 nitrogen and oxygen atoms in total. The third-order valence-electron chi connectivity index (χ3n) is 4.03. The van der Waals surface area contributed by atoms with Crippen molar-refractivity contribution in [2.75, 3.05) is 0 Å². The van der Waals surface area contributed by atoms with E-state index < -0.39 is 29.0 Å². The topological polar surface area (TPSA) is 37.3 Å². The van der Waals surface area contributed by atoms with Gasteiger partial charge in [0.1, 0.15) is 0 Å². The number of hydrogen-bond donors (Lipinski definition) is 1. The molecule has 1 N–H and O–H groups in total. The van der Waals surface area contributed by atoms with Crippen molar-refractivity contribution >= 4 is 5.97 Å². The van der Waals surface area contributed by atoms with Crippen molar-refractivity contribution in [3.63, 3.8) is 0 Å². The highest BCUT2D eigenvalue weighted by atomic mass is 19.4. The maximum atomic E-state index is 12.6. The van der Waals surface area contributed by atoms with E-state index in [9.17, 15) is 18.0 Å². The first-order valence-corrected chi connectivity index (χ1v) is 5.97. The van der Waals surface area contributed by atoms with Gasteiger partial charge in [0.05, 0.1) is 11.5 Å². The highest BCUT2D eigenvalue weighted by Crippen LogP contribution is 2.65. The molecule has 1 aromatic carbocycles. The number of carboxylic acids is 1. The Morgan fingerprint density at radius 2 is 1.89 bits per heavy atom. The second-order valence-electron chi connectivity index (χ2n) is 5.68. The van der Waals surface area contributed by atoms with E-state index in [1.165, 1.54) is 6.07 Å². The van der Waals surface area contributed by atoms with Gasteiger partial charge in [-0.15, -0.1) is 0 Å². The molecule has 2 rings (SSSR count). The fourth-order valence-corrected chi connectivity index (χ4v) is 2.88. The normalized spacial score (nSPS) is 25.2. The van der Waals surface area contributed by atoms with Crippen molar-refractivity contribution in [1.82, 2.24) is 0 Å². The molecule has 0 bridgehead atoms. The summed E-state index contributed by atoms with van der Waals surface area (Å²) in [6.07, 6.45) is -4.37. The Morgan fingerprint density at radius 3 is 2.26 bits per heavy atom. The maximum Gasteiger partial charge on any atom is 0.416 e. The molecule has 0 heterocycles. The second-order valence-corrected chi connectivity index (χ2v) is 5.68. The van der Waals surface area contributed by atoms with Gasteiger partial charge in [-0.1, -0.05) is 19.9 Å². The van der Waals surface area contributed by atoms with Crippen molar-refractivity contribution in [3.05, 3.63) is 34.9 Å². The summed E-state index contributed by atoms with van der Waals surface area (Å²) in [5.74, 6) is -1.63. The van der Waals surface area contributed by atoms with Gasteiger partial charge >= 0.3 is 12.1 Å². The number of aliphatic carboxylic acids is 1. The van der Waals surface area contributed by atoms with Crippen LogP contribution in [0.2, 0.25) is 0 Å². The first-order valence-electron chi connectivity index (χ1n) is 5.97. The number of benzene rings is 1. The van der Waals surface area contributed by atoms with Gasteiger partial charge in [-0.2, -0.15) is 13.2 Å². The summed E-state index contributed by atoms with van der Waals surface area (Å²) >= 11 is 0. The van der Waals surface area contributed by atoms with Crippen LogP contribution in [0.3, 0.4) is 0 Å². The van der Waals surface area contributed by atoms with Gasteiger partial charge in [-0.3, -0.25) is 4.79 Å². The molecule has 1 aliphatic rings. The van der Waals surface area contributed by atoms with Crippen LogP contribution in [0.25, 0.3) is 0 Å². The third kappa shape index (κ3) is 2.22. The second kappa shape index (κ2) is 3.99. The molecule has 1 aliphatic carbocycles. The average molecular weight is 272 g/mol. The summed E-state index contributed by atoms with van der Waals surface area (Å²) in [6, 6.07) is 3.52. The lowest BCUT2D eigenvalue weighted by Gasteiger charge is -2.11. The Morgan fingerprint density at radius 1 is 1.32 bits per heavy atom. The zero-order chi connectivity index (χ0) is 14.6. The predicted octanol–water partition coefficient (Wildman–Crippen LogP) is 3.84. The summed E-state index contributed by atoms with van der Waals surface area (Å²) in [7, 11) is 0. The number of carboxylic acid groups (broad SMARTS) is 1. The molecule has 5 heteroatoms. The molecule has 0 radical (unpaired) electrons. The van der Waals surface area contributed by atoms with Crippen LogP contribution in [-0.2, 0) is 11.0 Å². The van der Waals surface area contributed by atoms with Crippen LogP contribution >= 0.6 is 0 Å². The van der Waals surface area contributed by atoms with Gasteiger partial charge in [0.2, 0.25) is 0 Å². The molecule has 0 saturated heterocycles. The number of halogens is 3. The number of alkyl halides is 3. The van der Waals surface area contributed by atoms with Crippen molar-refractivity contribution < 1.29 is 23.1 Å².